The number of ether oxygens (including phenoxy) is 1. The van der Waals surface area contributed by atoms with Crippen molar-refractivity contribution >= 4 is 6.47 Å². The maximum atomic E-state index is 9.72. The van der Waals surface area contributed by atoms with E-state index in [1.54, 1.807) is 0 Å². The van der Waals surface area contributed by atoms with Crippen LogP contribution in [0.2, 0.25) is 0 Å². The molecule has 0 aliphatic heterocycles. The number of carbonyl (C=O) groups excluding carboxylic acids is 1. The zero-order valence-electron chi connectivity index (χ0n) is 5.83. The zero-order chi connectivity index (χ0) is 7.11. The summed E-state index contributed by atoms with van der Waals surface area (Å²) < 4.78 is 4.58. The average molecular weight is 128 g/mol. The zero-order valence-corrected chi connectivity index (χ0v) is 5.83. The maximum Gasteiger partial charge on any atom is 0.293 e. The van der Waals surface area contributed by atoms with Crippen LogP contribution in [0.1, 0.15) is 20.3 Å². The lowest BCUT2D eigenvalue weighted by atomic mass is 10.3. The topological polar surface area (TPSA) is 26.3 Å². The molecule has 0 aliphatic carbocycles. The highest BCUT2D eigenvalue weighted by atomic mass is 16.5. The molecule has 0 aliphatic rings. The van der Waals surface area contributed by atoms with Gasteiger partial charge in [-0.15, -0.1) is 0 Å². The molecule has 0 radical (unpaired) electrons. The first-order chi connectivity index (χ1) is 4.31. The molecule has 1 atom stereocenters. The van der Waals surface area contributed by atoms with Crippen LogP contribution >= 0.6 is 0 Å². The summed E-state index contributed by atoms with van der Waals surface area (Å²) in [6.45, 7) is 4.31. The standard InChI is InChI=1S/C7H12O2/c1-3-4-5-7(2)9-6-8/h4-7H,3H2,1-2H3. The van der Waals surface area contributed by atoms with Gasteiger partial charge in [0.05, 0.1) is 0 Å². The van der Waals surface area contributed by atoms with E-state index in [1.807, 2.05) is 26.0 Å². The van der Waals surface area contributed by atoms with E-state index in [0.29, 0.717) is 6.47 Å². The first-order valence-electron chi connectivity index (χ1n) is 3.07. The Balaban J connectivity index is 3.35. The van der Waals surface area contributed by atoms with Crippen LogP contribution in [0.15, 0.2) is 12.2 Å². The summed E-state index contributed by atoms with van der Waals surface area (Å²) in [6, 6.07) is 0. The third-order valence-corrected chi connectivity index (χ3v) is 0.913. The van der Waals surface area contributed by atoms with Crippen molar-refractivity contribution in [1.82, 2.24) is 0 Å². The fraction of sp³-hybridized carbons (Fsp3) is 0.571. The van der Waals surface area contributed by atoms with E-state index in [-0.39, 0.29) is 6.10 Å². The monoisotopic (exact) mass is 128 g/mol. The Kier molecular flexibility index (Phi) is 4.88. The molecular weight excluding hydrogens is 116 g/mol. The Morgan fingerprint density at radius 3 is 2.78 bits per heavy atom. The van der Waals surface area contributed by atoms with E-state index in [1.165, 1.54) is 0 Å². The van der Waals surface area contributed by atoms with Crippen molar-refractivity contribution in [3.8, 4) is 0 Å². The van der Waals surface area contributed by atoms with Gasteiger partial charge in [0.2, 0.25) is 0 Å². The van der Waals surface area contributed by atoms with Gasteiger partial charge in [0.25, 0.3) is 6.47 Å². The second-order valence-electron chi connectivity index (χ2n) is 1.77. The SMILES string of the molecule is CCC=CC(C)OC=O. The van der Waals surface area contributed by atoms with Crippen molar-refractivity contribution in [2.24, 2.45) is 0 Å². The number of hydrogen-bond donors (Lipinski definition) is 0. The van der Waals surface area contributed by atoms with E-state index < -0.39 is 0 Å². The third kappa shape index (κ3) is 5.07. The minimum atomic E-state index is -0.0811. The van der Waals surface area contributed by atoms with E-state index in [2.05, 4.69) is 4.74 Å². The van der Waals surface area contributed by atoms with Crippen LogP contribution in [0, 0.1) is 0 Å². The predicted octanol–water partition coefficient (Wildman–Crippen LogP) is 1.51. The van der Waals surface area contributed by atoms with Crippen molar-refractivity contribution in [2.45, 2.75) is 26.4 Å². The van der Waals surface area contributed by atoms with Gasteiger partial charge < -0.3 is 4.74 Å². The van der Waals surface area contributed by atoms with Crippen molar-refractivity contribution in [1.29, 1.82) is 0 Å². The smallest absolute Gasteiger partial charge is 0.293 e. The number of allylic oxidation sites excluding steroid dienone is 1. The second-order valence-corrected chi connectivity index (χ2v) is 1.77. The van der Waals surface area contributed by atoms with Crippen LogP contribution in [0.25, 0.3) is 0 Å². The van der Waals surface area contributed by atoms with Gasteiger partial charge in [-0.2, -0.15) is 0 Å². The normalized spacial score (nSPS) is 13.6. The Hall–Kier alpha value is -0.790. The summed E-state index contributed by atoms with van der Waals surface area (Å²) in [4.78, 5) is 9.72. The third-order valence-electron chi connectivity index (χ3n) is 0.913. The van der Waals surface area contributed by atoms with E-state index in [0.717, 1.165) is 6.42 Å². The van der Waals surface area contributed by atoms with Crippen LogP contribution in [-0.2, 0) is 9.53 Å². The molecule has 52 valence electrons. The summed E-state index contributed by atoms with van der Waals surface area (Å²) >= 11 is 0. The summed E-state index contributed by atoms with van der Waals surface area (Å²) in [6.07, 6.45) is 4.72. The lowest BCUT2D eigenvalue weighted by Gasteiger charge is -2.00. The molecular formula is C7H12O2. The van der Waals surface area contributed by atoms with Gasteiger partial charge in [0.15, 0.2) is 0 Å². The molecule has 2 heteroatoms. The lowest BCUT2D eigenvalue weighted by molar-refractivity contribution is -0.130. The highest BCUT2D eigenvalue weighted by molar-refractivity contribution is 5.37. The Morgan fingerprint density at radius 1 is 1.67 bits per heavy atom. The molecule has 0 aromatic rings. The van der Waals surface area contributed by atoms with Crippen LogP contribution in [-0.4, -0.2) is 12.6 Å². The van der Waals surface area contributed by atoms with Crippen LogP contribution in [0.4, 0.5) is 0 Å². The van der Waals surface area contributed by atoms with Gasteiger partial charge >= 0.3 is 0 Å². The summed E-state index contributed by atoms with van der Waals surface area (Å²) in [7, 11) is 0. The summed E-state index contributed by atoms with van der Waals surface area (Å²) in [5.41, 5.74) is 0. The molecule has 0 heterocycles. The molecule has 0 spiro atoms. The van der Waals surface area contributed by atoms with Gasteiger partial charge in [0.1, 0.15) is 6.10 Å². The molecule has 0 amide bonds. The quantitative estimate of drug-likeness (QED) is 0.424. The molecule has 0 N–H and O–H groups in total. The van der Waals surface area contributed by atoms with Crippen molar-refractivity contribution < 1.29 is 9.53 Å². The minimum absolute atomic E-state index is 0.0811. The van der Waals surface area contributed by atoms with Crippen molar-refractivity contribution in [3.63, 3.8) is 0 Å². The van der Waals surface area contributed by atoms with E-state index in [9.17, 15) is 4.79 Å². The molecule has 2 nitrogen and oxygen atoms in total. The van der Waals surface area contributed by atoms with E-state index in [4.69, 9.17) is 0 Å². The predicted molar refractivity (Wildman–Crippen MR) is 36.0 cm³/mol. The highest BCUT2D eigenvalue weighted by Gasteiger charge is 1.90. The highest BCUT2D eigenvalue weighted by Crippen LogP contribution is 1.90. The van der Waals surface area contributed by atoms with Crippen molar-refractivity contribution in [3.05, 3.63) is 12.2 Å². The van der Waals surface area contributed by atoms with Gasteiger partial charge in [-0.25, -0.2) is 0 Å². The lowest BCUT2D eigenvalue weighted by Crippen LogP contribution is -2.01. The van der Waals surface area contributed by atoms with Gasteiger partial charge in [-0.05, 0) is 19.4 Å². The van der Waals surface area contributed by atoms with Gasteiger partial charge in [-0.1, -0.05) is 13.0 Å². The van der Waals surface area contributed by atoms with Gasteiger partial charge in [0, 0.05) is 0 Å². The average Bonchev–Trinajstić information content (AvgIpc) is 1.85. The Labute approximate surface area is 55.5 Å². The molecule has 0 saturated heterocycles. The molecule has 0 bridgehead atoms. The van der Waals surface area contributed by atoms with Crippen LogP contribution in [0.3, 0.4) is 0 Å². The first-order valence-corrected chi connectivity index (χ1v) is 3.07. The fourth-order valence-corrected chi connectivity index (χ4v) is 0.461. The summed E-state index contributed by atoms with van der Waals surface area (Å²) in [5.74, 6) is 0. The second kappa shape index (κ2) is 5.35. The Bertz CT molecular complexity index is 97.1. The molecule has 9 heavy (non-hydrogen) atoms. The van der Waals surface area contributed by atoms with Crippen LogP contribution in [0.5, 0.6) is 0 Å². The van der Waals surface area contributed by atoms with Crippen LogP contribution < -0.4 is 0 Å². The maximum absolute atomic E-state index is 9.72. The fourth-order valence-electron chi connectivity index (χ4n) is 0.461. The van der Waals surface area contributed by atoms with E-state index >= 15 is 0 Å². The number of carbonyl (C=O) groups is 1. The number of rotatable bonds is 4. The van der Waals surface area contributed by atoms with Gasteiger partial charge in [-0.3, -0.25) is 4.79 Å². The Morgan fingerprint density at radius 2 is 2.33 bits per heavy atom. The molecule has 0 aromatic heterocycles. The minimum Gasteiger partial charge on any atom is -0.461 e. The van der Waals surface area contributed by atoms with Crippen molar-refractivity contribution in [2.75, 3.05) is 0 Å². The first kappa shape index (κ1) is 8.21. The molecule has 0 aromatic carbocycles. The molecule has 0 saturated carbocycles. The largest absolute Gasteiger partial charge is 0.461 e. The summed E-state index contributed by atoms with van der Waals surface area (Å²) in [5, 5.41) is 0. The number of hydrogen-bond acceptors (Lipinski definition) is 2. The molecule has 1 unspecified atom stereocenters. The molecule has 0 rings (SSSR count). The molecule has 0 fully saturated rings.